The number of halogens is 3. The topological polar surface area (TPSA) is 15.6 Å². The van der Waals surface area contributed by atoms with Crippen molar-refractivity contribution < 1.29 is 13.2 Å². The molecule has 1 aliphatic rings. The van der Waals surface area contributed by atoms with Crippen LogP contribution in [-0.2, 0) is 0 Å². The molecule has 2 nitrogen and oxygen atoms in total. The van der Waals surface area contributed by atoms with Gasteiger partial charge in [-0.3, -0.25) is 4.99 Å². The van der Waals surface area contributed by atoms with E-state index in [9.17, 15) is 13.2 Å². The smallest absolute Gasteiger partial charge is 0.352 e. The highest BCUT2D eigenvalue weighted by molar-refractivity contribution is 6.15. The second-order valence-corrected chi connectivity index (χ2v) is 5.93. The molecule has 0 radical (unpaired) electrons. The lowest BCUT2D eigenvalue weighted by Gasteiger charge is -2.37. The molecule has 1 atom stereocenters. The standard InChI is InChI=1S/C17H17F3N2/c1-10(2)16-21-15(17(18,19)20)13-9-8-11-6-4-5-7-12(11)14(13)22(16)3/h4-10,16H,1-3H3. The molecule has 0 saturated heterocycles. The molecule has 1 heterocycles. The van der Waals surface area contributed by atoms with E-state index in [1.165, 1.54) is 6.07 Å². The average molecular weight is 306 g/mol. The summed E-state index contributed by atoms with van der Waals surface area (Å²) in [6, 6.07) is 10.8. The number of fused-ring (bicyclic) bond motifs is 3. The Bertz CT molecular complexity index is 747. The van der Waals surface area contributed by atoms with Crippen LogP contribution in [0.3, 0.4) is 0 Å². The summed E-state index contributed by atoms with van der Waals surface area (Å²) in [7, 11) is 1.81. The van der Waals surface area contributed by atoms with Crippen molar-refractivity contribution in [2.24, 2.45) is 10.9 Å². The SMILES string of the molecule is CC(C)C1N=C(C(F)(F)F)c2ccc3ccccc3c2N1C. The normalized spacial score (nSPS) is 18.6. The number of aliphatic imine (C=N–C) groups is 1. The van der Waals surface area contributed by atoms with Crippen LogP contribution >= 0.6 is 0 Å². The van der Waals surface area contributed by atoms with Crippen LogP contribution in [0.5, 0.6) is 0 Å². The van der Waals surface area contributed by atoms with Crippen molar-refractivity contribution in [2.45, 2.75) is 26.2 Å². The highest BCUT2D eigenvalue weighted by Gasteiger charge is 2.42. The first kappa shape index (κ1) is 14.9. The first-order valence-corrected chi connectivity index (χ1v) is 7.20. The number of hydrogen-bond donors (Lipinski definition) is 0. The number of benzene rings is 2. The van der Waals surface area contributed by atoms with Gasteiger partial charge in [-0.05, 0) is 11.3 Å². The maximum Gasteiger partial charge on any atom is 0.433 e. The minimum Gasteiger partial charge on any atom is -0.352 e. The molecule has 0 aliphatic carbocycles. The third kappa shape index (κ3) is 2.25. The first-order chi connectivity index (χ1) is 10.3. The molecule has 1 aliphatic heterocycles. The van der Waals surface area contributed by atoms with Crippen molar-refractivity contribution in [1.82, 2.24) is 0 Å². The predicted molar refractivity (Wildman–Crippen MR) is 83.6 cm³/mol. The quantitative estimate of drug-likeness (QED) is 0.750. The Hall–Kier alpha value is -2.04. The van der Waals surface area contributed by atoms with Gasteiger partial charge in [0.2, 0.25) is 0 Å². The molecular formula is C17H17F3N2. The van der Waals surface area contributed by atoms with Gasteiger partial charge in [-0.2, -0.15) is 13.2 Å². The lowest BCUT2D eigenvalue weighted by Crippen LogP contribution is -2.42. The van der Waals surface area contributed by atoms with Crippen molar-refractivity contribution in [3.8, 4) is 0 Å². The number of anilines is 1. The Morgan fingerprint density at radius 2 is 1.77 bits per heavy atom. The largest absolute Gasteiger partial charge is 0.433 e. The molecule has 0 amide bonds. The Kier molecular flexibility index (Phi) is 3.38. The van der Waals surface area contributed by atoms with E-state index in [0.717, 1.165) is 10.8 Å². The summed E-state index contributed by atoms with van der Waals surface area (Å²) in [5.41, 5.74) is -0.00484. The lowest BCUT2D eigenvalue weighted by molar-refractivity contribution is -0.0586. The van der Waals surface area contributed by atoms with Crippen LogP contribution in [0.1, 0.15) is 19.4 Å². The van der Waals surface area contributed by atoms with Crippen molar-refractivity contribution in [1.29, 1.82) is 0 Å². The van der Waals surface area contributed by atoms with Gasteiger partial charge >= 0.3 is 6.18 Å². The lowest BCUT2D eigenvalue weighted by atomic mass is 9.95. The van der Waals surface area contributed by atoms with E-state index in [1.807, 2.05) is 50.1 Å². The van der Waals surface area contributed by atoms with Gasteiger partial charge in [0.1, 0.15) is 6.17 Å². The van der Waals surface area contributed by atoms with Gasteiger partial charge in [-0.1, -0.05) is 50.2 Å². The molecule has 3 rings (SSSR count). The predicted octanol–water partition coefficient (Wildman–Crippen LogP) is 4.62. The summed E-state index contributed by atoms with van der Waals surface area (Å²) in [5, 5.41) is 1.75. The van der Waals surface area contributed by atoms with Crippen molar-refractivity contribution >= 4 is 22.2 Å². The van der Waals surface area contributed by atoms with Gasteiger partial charge in [0.15, 0.2) is 5.71 Å². The number of nitrogens with zero attached hydrogens (tertiary/aromatic N) is 2. The molecule has 0 spiro atoms. The number of hydrogen-bond acceptors (Lipinski definition) is 2. The maximum atomic E-state index is 13.4. The van der Waals surface area contributed by atoms with Gasteiger partial charge in [0, 0.05) is 18.0 Å². The summed E-state index contributed by atoms with van der Waals surface area (Å²) in [4.78, 5) is 5.86. The molecule has 0 saturated carbocycles. The Balaban J connectivity index is 2.34. The molecular weight excluding hydrogens is 289 g/mol. The molecule has 5 heteroatoms. The van der Waals surface area contributed by atoms with Crippen molar-refractivity contribution in [3.63, 3.8) is 0 Å². The van der Waals surface area contributed by atoms with Crippen LogP contribution in [0.4, 0.5) is 18.9 Å². The van der Waals surface area contributed by atoms with E-state index >= 15 is 0 Å². The minimum absolute atomic E-state index is 0.0190. The van der Waals surface area contributed by atoms with Crippen LogP contribution in [0, 0.1) is 5.92 Å². The first-order valence-electron chi connectivity index (χ1n) is 7.20. The fourth-order valence-corrected chi connectivity index (χ4v) is 3.07. The van der Waals surface area contributed by atoms with Crippen molar-refractivity contribution in [2.75, 3.05) is 11.9 Å². The van der Waals surface area contributed by atoms with E-state index in [2.05, 4.69) is 4.99 Å². The molecule has 2 aromatic carbocycles. The number of alkyl halides is 3. The summed E-state index contributed by atoms with van der Waals surface area (Å²) in [6.45, 7) is 3.77. The summed E-state index contributed by atoms with van der Waals surface area (Å²) >= 11 is 0. The molecule has 116 valence electrons. The molecule has 0 aromatic heterocycles. The molecule has 0 N–H and O–H groups in total. The van der Waals surface area contributed by atoms with Crippen LogP contribution < -0.4 is 4.90 Å². The third-order valence-corrected chi connectivity index (χ3v) is 4.03. The van der Waals surface area contributed by atoms with Gasteiger partial charge in [0.05, 0.1) is 5.69 Å². The van der Waals surface area contributed by atoms with Crippen LogP contribution in [0.2, 0.25) is 0 Å². The molecule has 1 unspecified atom stereocenters. The zero-order valence-electron chi connectivity index (χ0n) is 12.6. The van der Waals surface area contributed by atoms with E-state index in [4.69, 9.17) is 0 Å². The highest BCUT2D eigenvalue weighted by Crippen LogP contribution is 2.40. The van der Waals surface area contributed by atoms with E-state index in [0.29, 0.717) is 5.69 Å². The second-order valence-electron chi connectivity index (χ2n) is 5.93. The van der Waals surface area contributed by atoms with Gasteiger partial charge in [-0.25, -0.2) is 0 Å². The maximum absolute atomic E-state index is 13.4. The molecule has 0 fully saturated rings. The summed E-state index contributed by atoms with van der Waals surface area (Å²) in [5.74, 6) is -0.0190. The Labute approximate surface area is 127 Å². The minimum atomic E-state index is -4.45. The number of rotatable bonds is 1. The molecule has 22 heavy (non-hydrogen) atoms. The van der Waals surface area contributed by atoms with E-state index in [1.54, 1.807) is 6.07 Å². The monoisotopic (exact) mass is 306 g/mol. The Morgan fingerprint density at radius 1 is 1.09 bits per heavy atom. The van der Waals surface area contributed by atoms with Gasteiger partial charge in [0.25, 0.3) is 0 Å². The Morgan fingerprint density at radius 3 is 2.41 bits per heavy atom. The third-order valence-electron chi connectivity index (χ3n) is 4.03. The average Bonchev–Trinajstić information content (AvgIpc) is 2.45. The van der Waals surface area contributed by atoms with Crippen LogP contribution in [0.15, 0.2) is 41.4 Å². The van der Waals surface area contributed by atoms with Gasteiger partial charge in [-0.15, -0.1) is 0 Å². The highest BCUT2D eigenvalue weighted by atomic mass is 19.4. The fourth-order valence-electron chi connectivity index (χ4n) is 3.07. The van der Waals surface area contributed by atoms with E-state index in [-0.39, 0.29) is 11.5 Å². The zero-order valence-corrected chi connectivity index (χ0v) is 12.6. The summed E-state index contributed by atoms with van der Waals surface area (Å²) in [6.07, 6.45) is -4.97. The molecule has 0 bridgehead atoms. The van der Waals surface area contributed by atoms with Gasteiger partial charge < -0.3 is 4.90 Å². The summed E-state index contributed by atoms with van der Waals surface area (Å²) < 4.78 is 40.3. The van der Waals surface area contributed by atoms with E-state index < -0.39 is 18.1 Å². The van der Waals surface area contributed by atoms with Crippen molar-refractivity contribution in [3.05, 3.63) is 42.0 Å². The zero-order chi connectivity index (χ0) is 16.1. The fraction of sp³-hybridized carbons (Fsp3) is 0.353. The molecule has 2 aromatic rings. The second kappa shape index (κ2) is 5.00. The van der Waals surface area contributed by atoms with Crippen LogP contribution in [-0.4, -0.2) is 25.1 Å². The van der Waals surface area contributed by atoms with Crippen LogP contribution in [0.25, 0.3) is 10.8 Å².